The fourth-order valence-corrected chi connectivity index (χ4v) is 2.97. The van der Waals surface area contributed by atoms with Gasteiger partial charge in [0.25, 0.3) is 11.8 Å². The van der Waals surface area contributed by atoms with Crippen molar-refractivity contribution in [2.24, 2.45) is 5.92 Å². The van der Waals surface area contributed by atoms with E-state index < -0.39 is 5.54 Å². The van der Waals surface area contributed by atoms with Crippen molar-refractivity contribution in [3.63, 3.8) is 0 Å². The van der Waals surface area contributed by atoms with Gasteiger partial charge in [0, 0.05) is 17.7 Å². The first-order valence-electron chi connectivity index (χ1n) is 8.41. The van der Waals surface area contributed by atoms with Crippen LogP contribution in [0.25, 0.3) is 0 Å². The Bertz CT molecular complexity index is 744. The summed E-state index contributed by atoms with van der Waals surface area (Å²) in [5.41, 5.74) is 0.943. The highest BCUT2D eigenvalue weighted by molar-refractivity contribution is 5.94. The van der Waals surface area contributed by atoms with Gasteiger partial charge in [-0.1, -0.05) is 13.8 Å². The van der Waals surface area contributed by atoms with Crippen molar-refractivity contribution in [2.75, 3.05) is 6.54 Å². The van der Waals surface area contributed by atoms with Crippen molar-refractivity contribution in [2.45, 2.75) is 46.6 Å². The van der Waals surface area contributed by atoms with Crippen LogP contribution in [-0.2, 0) is 0 Å². The maximum atomic E-state index is 12.5. The monoisotopic (exact) mass is 346 g/mol. The molecule has 6 heteroatoms. The lowest BCUT2D eigenvalue weighted by molar-refractivity contribution is 0.0831. The molecule has 2 heterocycles. The summed E-state index contributed by atoms with van der Waals surface area (Å²) in [7, 11) is 0. The molecule has 0 unspecified atom stereocenters. The number of carbonyl (C=O) groups excluding carboxylic acids is 2. The molecule has 25 heavy (non-hydrogen) atoms. The van der Waals surface area contributed by atoms with Crippen molar-refractivity contribution < 1.29 is 18.4 Å². The molecule has 0 aliphatic heterocycles. The van der Waals surface area contributed by atoms with Gasteiger partial charge in [0.2, 0.25) is 0 Å². The van der Waals surface area contributed by atoms with E-state index in [-0.39, 0.29) is 18.4 Å². The lowest BCUT2D eigenvalue weighted by Gasteiger charge is -2.32. The van der Waals surface area contributed by atoms with E-state index in [1.807, 2.05) is 20.8 Å². The van der Waals surface area contributed by atoms with Gasteiger partial charge in [0.1, 0.15) is 0 Å². The van der Waals surface area contributed by atoms with Crippen LogP contribution in [0.15, 0.2) is 33.5 Å². The third kappa shape index (κ3) is 4.75. The van der Waals surface area contributed by atoms with Crippen LogP contribution in [-0.4, -0.2) is 23.9 Å². The lowest BCUT2D eigenvalue weighted by Crippen LogP contribution is -2.54. The summed E-state index contributed by atoms with van der Waals surface area (Å²) in [5.74, 6) is 0.350. The number of nitrogens with one attached hydrogen (secondary N) is 2. The van der Waals surface area contributed by atoms with E-state index in [1.54, 1.807) is 12.1 Å². The molecule has 0 radical (unpaired) electrons. The van der Waals surface area contributed by atoms with Crippen molar-refractivity contribution in [1.29, 1.82) is 0 Å². The Hall–Kier alpha value is -2.50. The van der Waals surface area contributed by atoms with Crippen molar-refractivity contribution in [3.05, 3.63) is 47.3 Å². The Morgan fingerprint density at radius 1 is 1.04 bits per heavy atom. The van der Waals surface area contributed by atoms with E-state index >= 15 is 0 Å². The molecule has 6 nitrogen and oxygen atoms in total. The minimum absolute atomic E-state index is 0.283. The highest BCUT2D eigenvalue weighted by atomic mass is 16.3. The standard InChI is InChI=1S/C19H26N2O4/c1-12(2)10-19(5,21-18(23)16-14(4)7-9-25-16)11-20-17(22)15-13(3)6-8-24-15/h6-9,12H,10-11H2,1-5H3,(H,20,22)(H,21,23)/t19-/m1/s1. The van der Waals surface area contributed by atoms with E-state index in [2.05, 4.69) is 24.5 Å². The molecule has 2 amide bonds. The Balaban J connectivity index is 2.08. The Morgan fingerprint density at radius 2 is 1.56 bits per heavy atom. The van der Waals surface area contributed by atoms with Crippen LogP contribution in [0.3, 0.4) is 0 Å². The molecule has 0 aromatic carbocycles. The number of amides is 2. The van der Waals surface area contributed by atoms with Crippen molar-refractivity contribution in [1.82, 2.24) is 10.6 Å². The molecule has 0 saturated carbocycles. The first-order chi connectivity index (χ1) is 11.7. The molecule has 136 valence electrons. The van der Waals surface area contributed by atoms with Crippen LogP contribution in [0.2, 0.25) is 0 Å². The molecule has 2 aromatic heterocycles. The van der Waals surface area contributed by atoms with Gasteiger partial charge in [-0.2, -0.15) is 0 Å². The molecule has 2 rings (SSSR count). The Labute approximate surface area is 148 Å². The minimum Gasteiger partial charge on any atom is -0.459 e. The number of furan rings is 2. The number of aryl methyl sites for hydroxylation is 2. The summed E-state index contributed by atoms with van der Waals surface area (Å²) in [5, 5.41) is 5.86. The van der Waals surface area contributed by atoms with Gasteiger partial charge < -0.3 is 19.5 Å². The van der Waals surface area contributed by atoms with Crippen LogP contribution >= 0.6 is 0 Å². The molecule has 0 saturated heterocycles. The third-order valence-electron chi connectivity index (χ3n) is 4.05. The Morgan fingerprint density at radius 3 is 2.00 bits per heavy atom. The number of hydrogen-bond acceptors (Lipinski definition) is 4. The summed E-state index contributed by atoms with van der Waals surface area (Å²) in [6, 6.07) is 3.49. The predicted molar refractivity (Wildman–Crippen MR) is 94.5 cm³/mol. The van der Waals surface area contributed by atoms with E-state index in [9.17, 15) is 9.59 Å². The fourth-order valence-electron chi connectivity index (χ4n) is 2.97. The van der Waals surface area contributed by atoms with E-state index in [1.165, 1.54) is 12.5 Å². The number of rotatable bonds is 7. The van der Waals surface area contributed by atoms with Gasteiger partial charge in [-0.3, -0.25) is 9.59 Å². The van der Waals surface area contributed by atoms with Crippen LogP contribution in [0.5, 0.6) is 0 Å². The zero-order valence-electron chi connectivity index (χ0n) is 15.4. The van der Waals surface area contributed by atoms with E-state index in [0.29, 0.717) is 23.9 Å². The normalized spacial score (nSPS) is 13.5. The zero-order chi connectivity index (χ0) is 18.6. The summed E-state index contributed by atoms with van der Waals surface area (Å²) in [4.78, 5) is 24.8. The molecule has 0 bridgehead atoms. The smallest absolute Gasteiger partial charge is 0.287 e. The second-order valence-corrected chi connectivity index (χ2v) is 7.16. The summed E-state index contributed by atoms with van der Waals surface area (Å²) >= 11 is 0. The molecule has 0 aliphatic rings. The van der Waals surface area contributed by atoms with E-state index in [0.717, 1.165) is 11.1 Å². The van der Waals surface area contributed by atoms with Crippen LogP contribution < -0.4 is 10.6 Å². The molecule has 2 aromatic rings. The van der Waals surface area contributed by atoms with Gasteiger partial charge >= 0.3 is 0 Å². The number of hydrogen-bond donors (Lipinski definition) is 2. The maximum absolute atomic E-state index is 12.5. The molecule has 0 aliphatic carbocycles. The van der Waals surface area contributed by atoms with Gasteiger partial charge in [-0.15, -0.1) is 0 Å². The maximum Gasteiger partial charge on any atom is 0.287 e. The topological polar surface area (TPSA) is 84.5 Å². The average Bonchev–Trinajstić information content (AvgIpc) is 3.12. The minimum atomic E-state index is -0.610. The van der Waals surface area contributed by atoms with Crippen molar-refractivity contribution >= 4 is 11.8 Å². The second-order valence-electron chi connectivity index (χ2n) is 7.16. The van der Waals surface area contributed by atoms with Crippen LogP contribution in [0, 0.1) is 19.8 Å². The van der Waals surface area contributed by atoms with Gasteiger partial charge in [0.05, 0.1) is 18.1 Å². The second kappa shape index (κ2) is 7.59. The first-order valence-corrected chi connectivity index (χ1v) is 8.41. The first kappa shape index (κ1) is 18.8. The fraction of sp³-hybridized carbons (Fsp3) is 0.474. The zero-order valence-corrected chi connectivity index (χ0v) is 15.4. The molecular formula is C19H26N2O4. The highest BCUT2D eigenvalue weighted by Gasteiger charge is 2.30. The van der Waals surface area contributed by atoms with Gasteiger partial charge in [-0.05, 0) is 45.2 Å². The molecule has 0 spiro atoms. The highest BCUT2D eigenvalue weighted by Crippen LogP contribution is 2.19. The lowest BCUT2D eigenvalue weighted by atomic mass is 9.90. The molecular weight excluding hydrogens is 320 g/mol. The summed E-state index contributed by atoms with van der Waals surface area (Å²) < 4.78 is 10.5. The average molecular weight is 346 g/mol. The van der Waals surface area contributed by atoms with Crippen LogP contribution in [0.4, 0.5) is 0 Å². The SMILES string of the molecule is Cc1ccoc1C(=O)NC[C@@](C)(CC(C)C)NC(=O)c1occc1C. The third-order valence-corrected chi connectivity index (χ3v) is 4.05. The van der Waals surface area contributed by atoms with E-state index in [4.69, 9.17) is 8.83 Å². The summed E-state index contributed by atoms with van der Waals surface area (Å²) in [6.07, 6.45) is 3.68. The van der Waals surface area contributed by atoms with Gasteiger partial charge in [0.15, 0.2) is 11.5 Å². The predicted octanol–water partition coefficient (Wildman–Crippen LogP) is 3.45. The largest absolute Gasteiger partial charge is 0.459 e. The Kier molecular flexibility index (Phi) is 5.72. The molecule has 0 fully saturated rings. The molecule has 1 atom stereocenters. The van der Waals surface area contributed by atoms with Gasteiger partial charge in [-0.25, -0.2) is 0 Å². The quantitative estimate of drug-likeness (QED) is 0.804. The van der Waals surface area contributed by atoms with Crippen LogP contribution in [0.1, 0.15) is 59.4 Å². The van der Waals surface area contributed by atoms with Crippen molar-refractivity contribution in [3.8, 4) is 0 Å². The summed E-state index contributed by atoms with van der Waals surface area (Å²) in [6.45, 7) is 9.98. The molecule has 2 N–H and O–H groups in total. The number of carbonyl (C=O) groups is 2.